The highest BCUT2D eigenvalue weighted by molar-refractivity contribution is 14.1. The molecule has 0 atom stereocenters. The molecule has 3 rings (SSSR count). The summed E-state index contributed by atoms with van der Waals surface area (Å²) >= 11 is 7.71. The molecule has 1 aromatic heterocycles. The van der Waals surface area contributed by atoms with Gasteiger partial charge < -0.3 is 0 Å². The van der Waals surface area contributed by atoms with Gasteiger partial charge in [0, 0.05) is 18.4 Å². The Labute approximate surface area is 138 Å². The van der Waals surface area contributed by atoms with E-state index in [1.54, 1.807) is 28.8 Å². The third-order valence-corrected chi connectivity index (χ3v) is 4.19. The van der Waals surface area contributed by atoms with Crippen molar-refractivity contribution in [2.75, 3.05) is 5.88 Å². The van der Waals surface area contributed by atoms with Crippen LogP contribution in [0.15, 0.2) is 36.4 Å². The Balaban J connectivity index is 2.35. The van der Waals surface area contributed by atoms with Gasteiger partial charge in [-0.2, -0.15) is 0 Å². The molecule has 0 fully saturated rings. The molecule has 0 unspecified atom stereocenters. The Morgan fingerprint density at radius 2 is 1.90 bits per heavy atom. The third-order valence-electron chi connectivity index (χ3n) is 3.18. The lowest BCUT2D eigenvalue weighted by Crippen LogP contribution is -2.04. The molecule has 108 valence electrons. The zero-order valence-electron chi connectivity index (χ0n) is 10.8. The molecule has 21 heavy (non-hydrogen) atoms. The van der Waals surface area contributed by atoms with E-state index in [0.29, 0.717) is 38.4 Å². The van der Waals surface area contributed by atoms with Gasteiger partial charge in [0.15, 0.2) is 0 Å². The average molecular weight is 419 g/mol. The number of halogens is 4. The van der Waals surface area contributed by atoms with Crippen molar-refractivity contribution >= 4 is 45.2 Å². The minimum atomic E-state index is -0.383. The Morgan fingerprint density at radius 3 is 2.62 bits per heavy atom. The van der Waals surface area contributed by atoms with Crippen LogP contribution in [0.3, 0.4) is 0 Å². The predicted octanol–water partition coefficient (Wildman–Crippen LogP) is 4.69. The number of hydrogen-bond donors (Lipinski definition) is 0. The molecule has 0 aliphatic rings. The van der Waals surface area contributed by atoms with E-state index < -0.39 is 0 Å². The Kier molecular flexibility index (Phi) is 4.12. The van der Waals surface area contributed by atoms with E-state index in [-0.39, 0.29) is 11.6 Å². The van der Waals surface area contributed by atoms with Gasteiger partial charge in [0.2, 0.25) is 0 Å². The number of benzene rings is 2. The number of fused-ring (bicyclic) bond motifs is 1. The van der Waals surface area contributed by atoms with Crippen molar-refractivity contribution in [2.24, 2.45) is 0 Å². The maximum absolute atomic E-state index is 14.1. The smallest absolute Gasteiger partial charge is 0.147 e. The quantitative estimate of drug-likeness (QED) is 0.446. The minimum absolute atomic E-state index is 0.348. The SMILES string of the molecule is Fc1cc2c(cc1I)nc(CCCl)n2-c1ccccc1F. The summed E-state index contributed by atoms with van der Waals surface area (Å²) in [6.45, 7) is 0. The first-order valence-corrected chi connectivity index (χ1v) is 7.90. The molecule has 0 bridgehead atoms. The van der Waals surface area contributed by atoms with Gasteiger partial charge in [-0.05, 0) is 40.8 Å². The van der Waals surface area contributed by atoms with Crippen LogP contribution >= 0.6 is 34.2 Å². The molecule has 0 amide bonds. The van der Waals surface area contributed by atoms with Gasteiger partial charge in [-0.3, -0.25) is 4.57 Å². The fraction of sp³-hybridized carbons (Fsp3) is 0.133. The maximum atomic E-state index is 14.1. The number of aryl methyl sites for hydroxylation is 1. The van der Waals surface area contributed by atoms with Crippen LogP contribution < -0.4 is 0 Å². The minimum Gasteiger partial charge on any atom is -0.293 e. The molecule has 0 aliphatic heterocycles. The highest BCUT2D eigenvalue weighted by Gasteiger charge is 2.16. The monoisotopic (exact) mass is 418 g/mol. The van der Waals surface area contributed by atoms with Crippen molar-refractivity contribution in [3.05, 3.63) is 57.4 Å². The lowest BCUT2D eigenvalue weighted by molar-refractivity contribution is 0.614. The van der Waals surface area contributed by atoms with E-state index in [9.17, 15) is 8.78 Å². The summed E-state index contributed by atoms with van der Waals surface area (Å²) in [7, 11) is 0. The van der Waals surface area contributed by atoms with Crippen LogP contribution in [0, 0.1) is 15.2 Å². The number of rotatable bonds is 3. The van der Waals surface area contributed by atoms with Crippen LogP contribution in [-0.4, -0.2) is 15.4 Å². The topological polar surface area (TPSA) is 17.8 Å². The number of alkyl halides is 1. The van der Waals surface area contributed by atoms with Gasteiger partial charge in [-0.25, -0.2) is 13.8 Å². The lowest BCUT2D eigenvalue weighted by Gasteiger charge is -2.09. The van der Waals surface area contributed by atoms with Gasteiger partial charge in [-0.1, -0.05) is 12.1 Å². The first-order valence-electron chi connectivity index (χ1n) is 6.29. The highest BCUT2D eigenvalue weighted by atomic mass is 127. The van der Waals surface area contributed by atoms with Crippen molar-refractivity contribution in [3.8, 4) is 5.69 Å². The first-order chi connectivity index (χ1) is 10.1. The number of hydrogen-bond acceptors (Lipinski definition) is 1. The van der Waals surface area contributed by atoms with E-state index in [0.717, 1.165) is 0 Å². The number of aromatic nitrogens is 2. The number of imidazole rings is 1. The second-order valence-electron chi connectivity index (χ2n) is 4.51. The zero-order valence-corrected chi connectivity index (χ0v) is 13.7. The van der Waals surface area contributed by atoms with Crippen molar-refractivity contribution in [1.82, 2.24) is 9.55 Å². The standard InChI is InChI=1S/C15H10ClF2IN2/c16-6-5-15-20-12-8-11(19)10(18)7-14(12)21(15)13-4-2-1-3-9(13)17/h1-4,7-8H,5-6H2. The summed E-state index contributed by atoms with van der Waals surface area (Å²) in [6.07, 6.45) is 0.475. The predicted molar refractivity (Wildman–Crippen MR) is 88.1 cm³/mol. The van der Waals surface area contributed by atoms with E-state index >= 15 is 0 Å². The molecule has 6 heteroatoms. The van der Waals surface area contributed by atoms with Crippen LogP contribution in [0.25, 0.3) is 16.7 Å². The second-order valence-corrected chi connectivity index (χ2v) is 6.05. The molecule has 2 aromatic carbocycles. The van der Waals surface area contributed by atoms with E-state index in [4.69, 9.17) is 11.6 Å². The van der Waals surface area contributed by atoms with Crippen LogP contribution in [0.5, 0.6) is 0 Å². The molecule has 0 spiro atoms. The van der Waals surface area contributed by atoms with Crippen LogP contribution in [0.1, 0.15) is 5.82 Å². The largest absolute Gasteiger partial charge is 0.293 e. The molecule has 0 radical (unpaired) electrons. The van der Waals surface area contributed by atoms with Crippen LogP contribution in [0.4, 0.5) is 8.78 Å². The fourth-order valence-corrected chi connectivity index (χ4v) is 2.90. The molecule has 1 heterocycles. The lowest BCUT2D eigenvalue weighted by atomic mass is 10.2. The Bertz CT molecular complexity index is 817. The third kappa shape index (κ3) is 2.64. The summed E-state index contributed by atoms with van der Waals surface area (Å²) < 4.78 is 30.1. The molecule has 2 nitrogen and oxygen atoms in total. The Hall–Kier alpha value is -1.21. The van der Waals surface area contributed by atoms with Crippen molar-refractivity contribution in [2.45, 2.75) is 6.42 Å². The maximum Gasteiger partial charge on any atom is 0.147 e. The Morgan fingerprint density at radius 1 is 1.14 bits per heavy atom. The summed E-state index contributed by atoms with van der Waals surface area (Å²) in [5, 5.41) is 0. The number of para-hydroxylation sites is 1. The average Bonchev–Trinajstić information content (AvgIpc) is 2.78. The molecule has 0 saturated heterocycles. The van der Waals surface area contributed by atoms with Crippen molar-refractivity contribution < 1.29 is 8.78 Å². The molecule has 0 saturated carbocycles. The van der Waals surface area contributed by atoms with Gasteiger partial charge in [0.05, 0.1) is 20.3 Å². The van der Waals surface area contributed by atoms with E-state index in [2.05, 4.69) is 4.98 Å². The second kappa shape index (κ2) is 5.88. The van der Waals surface area contributed by atoms with E-state index in [1.165, 1.54) is 12.1 Å². The summed E-state index contributed by atoms with van der Waals surface area (Å²) in [5.41, 5.74) is 1.52. The van der Waals surface area contributed by atoms with Gasteiger partial charge >= 0.3 is 0 Å². The van der Waals surface area contributed by atoms with Crippen molar-refractivity contribution in [1.29, 1.82) is 0 Å². The van der Waals surface area contributed by atoms with Gasteiger partial charge in [-0.15, -0.1) is 11.6 Å². The van der Waals surface area contributed by atoms with Crippen molar-refractivity contribution in [3.63, 3.8) is 0 Å². The van der Waals surface area contributed by atoms with Crippen LogP contribution in [0.2, 0.25) is 0 Å². The zero-order chi connectivity index (χ0) is 15.0. The summed E-state index contributed by atoms with van der Waals surface area (Å²) in [5.74, 6) is 0.244. The molecule has 3 aromatic rings. The van der Waals surface area contributed by atoms with Gasteiger partial charge in [0.25, 0.3) is 0 Å². The normalized spacial score (nSPS) is 11.2. The number of nitrogens with zero attached hydrogens (tertiary/aromatic N) is 2. The molecular weight excluding hydrogens is 409 g/mol. The molecule has 0 N–H and O–H groups in total. The summed E-state index contributed by atoms with van der Waals surface area (Å²) in [6, 6.07) is 9.40. The van der Waals surface area contributed by atoms with Crippen LogP contribution in [-0.2, 0) is 6.42 Å². The van der Waals surface area contributed by atoms with E-state index in [1.807, 2.05) is 22.6 Å². The first kappa shape index (κ1) is 14.7. The fourth-order valence-electron chi connectivity index (χ4n) is 2.28. The molecule has 0 aliphatic carbocycles. The molecular formula is C15H10ClF2IN2. The highest BCUT2D eigenvalue weighted by Crippen LogP contribution is 2.26. The summed E-state index contributed by atoms with van der Waals surface area (Å²) in [4.78, 5) is 4.46. The van der Waals surface area contributed by atoms with Gasteiger partial charge in [0.1, 0.15) is 17.5 Å².